The molecule has 0 heterocycles. The minimum Gasteiger partial charge on any atom is -0.508 e. The van der Waals surface area contributed by atoms with Crippen LogP contribution in [-0.4, -0.2) is 40.9 Å². The van der Waals surface area contributed by atoms with Crippen LogP contribution in [0.1, 0.15) is 47.2 Å². The molecule has 8 N–H and O–H groups in total. The monoisotopic (exact) mass is 842 g/mol. The normalized spacial score (nSPS) is 12.1. The lowest BCUT2D eigenvalue weighted by Crippen LogP contribution is -2.26. The molecule has 0 saturated heterocycles. The lowest BCUT2D eigenvalue weighted by molar-refractivity contribution is 0.444. The zero-order valence-electron chi connectivity index (χ0n) is 34.7. The van der Waals surface area contributed by atoms with E-state index in [0.717, 1.165) is 22.3 Å². The molecule has 10 aromatic carbocycles. The minimum atomic E-state index is -1.18. The average molecular weight is 843 g/mol. The minimum absolute atomic E-state index is 0.00153. The molecule has 314 valence electrons. The van der Waals surface area contributed by atoms with Crippen LogP contribution in [0.4, 0.5) is 0 Å². The molecule has 0 bridgehead atoms. The van der Waals surface area contributed by atoms with Gasteiger partial charge in [0.15, 0.2) is 0 Å². The Balaban J connectivity index is 1.14. The first-order valence-corrected chi connectivity index (χ1v) is 20.8. The Bertz CT molecular complexity index is 3090. The van der Waals surface area contributed by atoms with E-state index in [-0.39, 0.29) is 46.0 Å². The fourth-order valence-corrected chi connectivity index (χ4v) is 10.1. The standard InChI is InChI=1S/C56H42O8/c1-55(51-43-19-15-39(57)27-33(43)7-23-47(51)61,52-44-20-16-40(58)28-34(44)8-24-48(52)62)37-11-3-31(4-12-37)32-5-13-38(14-6-32)56(2,53-45-21-17-41(59)29-35(45)9-25-49(53)63)54-46-22-18-42(60)30-36(46)10-26-50(54)64/h3-30,57-64H,1-2H3. The quantitative estimate of drug-likeness (QED) is 0.0736. The maximum atomic E-state index is 11.8. The summed E-state index contributed by atoms with van der Waals surface area (Å²) in [5.41, 5.74) is 2.97. The Labute approximate surface area is 367 Å². The number of aromatic hydroxyl groups is 8. The Hall–Kier alpha value is -8.36. The molecule has 10 aromatic rings. The molecule has 0 aliphatic carbocycles. The van der Waals surface area contributed by atoms with E-state index in [1.165, 1.54) is 0 Å². The number of hydrogen-bond donors (Lipinski definition) is 8. The molecule has 0 spiro atoms. The number of benzene rings is 10. The van der Waals surface area contributed by atoms with Crippen LogP contribution < -0.4 is 0 Å². The van der Waals surface area contributed by atoms with Gasteiger partial charge in [-0.15, -0.1) is 0 Å². The van der Waals surface area contributed by atoms with Gasteiger partial charge >= 0.3 is 0 Å². The molecule has 10 rings (SSSR count). The third-order valence-electron chi connectivity index (χ3n) is 13.2. The van der Waals surface area contributed by atoms with Crippen molar-refractivity contribution in [1.29, 1.82) is 0 Å². The van der Waals surface area contributed by atoms with Gasteiger partial charge in [0.25, 0.3) is 0 Å². The van der Waals surface area contributed by atoms with Crippen molar-refractivity contribution in [1.82, 2.24) is 0 Å². The van der Waals surface area contributed by atoms with Gasteiger partial charge in [-0.05, 0) is 152 Å². The smallest absolute Gasteiger partial charge is 0.120 e. The van der Waals surface area contributed by atoms with E-state index in [0.29, 0.717) is 65.3 Å². The summed E-state index contributed by atoms with van der Waals surface area (Å²) in [5, 5.41) is 94.3. The predicted octanol–water partition coefficient (Wildman–Crippen LogP) is 12.3. The Morgan fingerprint density at radius 3 is 0.734 bits per heavy atom. The Morgan fingerprint density at radius 2 is 0.500 bits per heavy atom. The first kappa shape index (κ1) is 39.8. The highest BCUT2D eigenvalue weighted by Crippen LogP contribution is 2.53. The molecule has 0 aliphatic heterocycles. The first-order chi connectivity index (χ1) is 30.7. The molecule has 64 heavy (non-hydrogen) atoms. The topological polar surface area (TPSA) is 162 Å². The lowest BCUT2D eigenvalue weighted by atomic mass is 9.67. The fraction of sp³-hybridized carbons (Fsp3) is 0.0714. The maximum absolute atomic E-state index is 11.8. The lowest BCUT2D eigenvalue weighted by Gasteiger charge is -2.35. The maximum Gasteiger partial charge on any atom is 0.120 e. The highest BCUT2D eigenvalue weighted by molar-refractivity contribution is 5.98. The van der Waals surface area contributed by atoms with E-state index in [4.69, 9.17) is 0 Å². The van der Waals surface area contributed by atoms with E-state index in [1.807, 2.05) is 62.4 Å². The summed E-state index contributed by atoms with van der Waals surface area (Å²) in [7, 11) is 0. The SMILES string of the molecule is CC(c1ccc(-c2ccc(C(C)(c3c(O)ccc4cc(O)ccc34)c3c(O)ccc4cc(O)ccc34)cc2)cc1)(c1c(O)ccc2cc(O)ccc12)c1c(O)ccc2cc(O)ccc12. The van der Waals surface area contributed by atoms with E-state index >= 15 is 0 Å². The molecule has 8 nitrogen and oxygen atoms in total. The summed E-state index contributed by atoms with van der Waals surface area (Å²) in [4.78, 5) is 0. The van der Waals surface area contributed by atoms with Crippen LogP contribution in [0, 0.1) is 0 Å². The second-order valence-corrected chi connectivity index (χ2v) is 16.9. The average Bonchev–Trinajstić information content (AvgIpc) is 3.29. The van der Waals surface area contributed by atoms with Gasteiger partial charge in [-0.3, -0.25) is 0 Å². The number of phenolic OH excluding ortho intramolecular Hbond substituents is 8. The van der Waals surface area contributed by atoms with Gasteiger partial charge in [-0.25, -0.2) is 0 Å². The molecule has 0 unspecified atom stereocenters. The van der Waals surface area contributed by atoms with E-state index < -0.39 is 10.8 Å². The Kier molecular flexibility index (Phi) is 9.09. The summed E-state index contributed by atoms with van der Waals surface area (Å²) in [6.07, 6.45) is 0. The van der Waals surface area contributed by atoms with Crippen molar-refractivity contribution in [2.45, 2.75) is 24.7 Å². The van der Waals surface area contributed by atoms with Crippen molar-refractivity contribution in [2.24, 2.45) is 0 Å². The van der Waals surface area contributed by atoms with Crippen molar-refractivity contribution in [3.05, 3.63) is 203 Å². The molecular weight excluding hydrogens is 801 g/mol. The largest absolute Gasteiger partial charge is 0.508 e. The third kappa shape index (κ3) is 6.14. The molecule has 0 radical (unpaired) electrons. The number of rotatable bonds is 7. The van der Waals surface area contributed by atoms with Crippen LogP contribution in [0.25, 0.3) is 54.2 Å². The van der Waals surface area contributed by atoms with Gasteiger partial charge < -0.3 is 40.9 Å². The molecule has 0 amide bonds. The first-order valence-electron chi connectivity index (χ1n) is 20.8. The zero-order valence-corrected chi connectivity index (χ0v) is 34.7. The molecule has 0 atom stereocenters. The molecule has 8 heteroatoms. The van der Waals surface area contributed by atoms with Crippen LogP contribution in [-0.2, 0) is 10.8 Å². The van der Waals surface area contributed by atoms with Crippen molar-refractivity contribution < 1.29 is 40.9 Å². The Morgan fingerprint density at radius 1 is 0.266 bits per heavy atom. The fourth-order valence-electron chi connectivity index (χ4n) is 10.1. The second kappa shape index (κ2) is 14.6. The summed E-state index contributed by atoms with van der Waals surface area (Å²) < 4.78 is 0. The zero-order chi connectivity index (χ0) is 44.7. The van der Waals surface area contributed by atoms with Crippen LogP contribution in [0.2, 0.25) is 0 Å². The van der Waals surface area contributed by atoms with Crippen molar-refractivity contribution in [2.75, 3.05) is 0 Å². The summed E-state index contributed by atoms with van der Waals surface area (Å²) in [6, 6.07) is 49.0. The molecule has 0 aromatic heterocycles. The van der Waals surface area contributed by atoms with Crippen LogP contribution in [0.3, 0.4) is 0 Å². The van der Waals surface area contributed by atoms with Gasteiger partial charge in [0, 0.05) is 22.3 Å². The molecule has 0 fully saturated rings. The number of hydrogen-bond acceptors (Lipinski definition) is 8. The van der Waals surface area contributed by atoms with Gasteiger partial charge in [0.1, 0.15) is 46.0 Å². The second-order valence-electron chi connectivity index (χ2n) is 16.9. The van der Waals surface area contributed by atoms with Crippen molar-refractivity contribution in [3.63, 3.8) is 0 Å². The van der Waals surface area contributed by atoms with Gasteiger partial charge in [-0.2, -0.15) is 0 Å². The van der Waals surface area contributed by atoms with Crippen LogP contribution in [0.15, 0.2) is 170 Å². The van der Waals surface area contributed by atoms with E-state index in [9.17, 15) is 40.9 Å². The van der Waals surface area contributed by atoms with Crippen molar-refractivity contribution in [3.8, 4) is 57.1 Å². The van der Waals surface area contributed by atoms with Gasteiger partial charge in [0.2, 0.25) is 0 Å². The molecular formula is C56H42O8. The highest BCUT2D eigenvalue weighted by atomic mass is 16.3. The van der Waals surface area contributed by atoms with Gasteiger partial charge in [-0.1, -0.05) is 97.1 Å². The highest BCUT2D eigenvalue weighted by Gasteiger charge is 2.40. The van der Waals surface area contributed by atoms with Crippen LogP contribution >= 0.6 is 0 Å². The van der Waals surface area contributed by atoms with E-state index in [2.05, 4.69) is 0 Å². The number of fused-ring (bicyclic) bond motifs is 4. The predicted molar refractivity (Wildman–Crippen MR) is 252 cm³/mol. The van der Waals surface area contributed by atoms with Crippen LogP contribution in [0.5, 0.6) is 46.0 Å². The molecule has 0 saturated carbocycles. The van der Waals surface area contributed by atoms with E-state index in [1.54, 1.807) is 121 Å². The summed E-state index contributed by atoms with van der Waals surface area (Å²) in [5.74, 6) is 0.315. The molecule has 0 aliphatic rings. The summed E-state index contributed by atoms with van der Waals surface area (Å²) >= 11 is 0. The van der Waals surface area contributed by atoms with Gasteiger partial charge in [0.05, 0.1) is 10.8 Å². The van der Waals surface area contributed by atoms with Crippen molar-refractivity contribution >= 4 is 43.1 Å². The third-order valence-corrected chi connectivity index (χ3v) is 13.2. The summed E-state index contributed by atoms with van der Waals surface area (Å²) in [6.45, 7) is 3.91. The number of phenols is 8.